The molecule has 1 heterocycles. The van der Waals surface area contributed by atoms with Crippen molar-refractivity contribution in [1.29, 1.82) is 0 Å². The molecule has 1 aromatic heterocycles. The van der Waals surface area contributed by atoms with E-state index in [9.17, 15) is 9.59 Å². The quantitative estimate of drug-likeness (QED) is 0.892. The molecule has 0 saturated carbocycles. The molecule has 4 heteroatoms. The number of para-hydroxylation sites is 1. The summed E-state index contributed by atoms with van der Waals surface area (Å²) >= 11 is 0. The van der Waals surface area contributed by atoms with Crippen molar-refractivity contribution in [2.45, 2.75) is 13.5 Å². The number of hydrogen-bond acceptors (Lipinski definition) is 2. The number of nitrogens with zero attached hydrogens (tertiary/aromatic N) is 1. The Morgan fingerprint density at radius 1 is 1.17 bits per heavy atom. The molecule has 1 N–H and O–H groups in total. The van der Waals surface area contributed by atoms with Crippen LogP contribution in [0.1, 0.15) is 5.56 Å². The molecule has 1 aromatic carbocycles. The number of anilines is 1. The topological polar surface area (TPSA) is 51.1 Å². The van der Waals surface area contributed by atoms with E-state index in [1.807, 2.05) is 18.2 Å². The molecule has 0 atom stereocenters. The highest BCUT2D eigenvalue weighted by atomic mass is 16.2. The maximum Gasteiger partial charge on any atom is 0.253 e. The Morgan fingerprint density at radius 2 is 1.89 bits per heavy atom. The molecule has 2 rings (SSSR count). The van der Waals surface area contributed by atoms with E-state index in [1.54, 1.807) is 37.4 Å². The molecule has 4 nitrogen and oxygen atoms in total. The van der Waals surface area contributed by atoms with Crippen LogP contribution in [0, 0.1) is 6.92 Å². The molecular formula is C14H14N2O2. The standard InChI is InChI=1S/C14H14N2O2/c1-11-6-5-9-16(14(11)18)10-13(17)15-12-7-3-2-4-8-12/h2-9H,10H2,1H3,(H,15,17). The third-order valence-corrected chi connectivity index (χ3v) is 2.58. The minimum atomic E-state index is -0.214. The van der Waals surface area contributed by atoms with Crippen molar-refractivity contribution in [3.8, 4) is 0 Å². The fourth-order valence-electron chi connectivity index (χ4n) is 1.66. The molecule has 0 saturated heterocycles. The van der Waals surface area contributed by atoms with Crippen LogP contribution in [0.25, 0.3) is 0 Å². The summed E-state index contributed by atoms with van der Waals surface area (Å²) in [7, 11) is 0. The van der Waals surface area contributed by atoms with Crippen molar-refractivity contribution < 1.29 is 4.79 Å². The summed E-state index contributed by atoms with van der Waals surface area (Å²) in [6, 6.07) is 12.7. The van der Waals surface area contributed by atoms with Gasteiger partial charge in [0.1, 0.15) is 6.54 Å². The fourth-order valence-corrected chi connectivity index (χ4v) is 1.66. The van der Waals surface area contributed by atoms with E-state index in [0.29, 0.717) is 5.56 Å². The SMILES string of the molecule is Cc1cccn(CC(=O)Nc2ccccc2)c1=O. The Morgan fingerprint density at radius 3 is 2.61 bits per heavy atom. The largest absolute Gasteiger partial charge is 0.325 e. The molecule has 0 radical (unpaired) electrons. The van der Waals surface area contributed by atoms with Crippen molar-refractivity contribution in [2.75, 3.05) is 5.32 Å². The van der Waals surface area contributed by atoms with Crippen LogP contribution in [-0.4, -0.2) is 10.5 Å². The summed E-state index contributed by atoms with van der Waals surface area (Å²) in [4.78, 5) is 23.5. The van der Waals surface area contributed by atoms with Gasteiger partial charge in [0.25, 0.3) is 5.56 Å². The van der Waals surface area contributed by atoms with E-state index < -0.39 is 0 Å². The first-order valence-electron chi connectivity index (χ1n) is 5.68. The van der Waals surface area contributed by atoms with Gasteiger partial charge in [0.05, 0.1) is 0 Å². The zero-order valence-corrected chi connectivity index (χ0v) is 10.1. The van der Waals surface area contributed by atoms with Gasteiger partial charge in [-0.3, -0.25) is 9.59 Å². The Labute approximate surface area is 105 Å². The Hall–Kier alpha value is -2.36. The summed E-state index contributed by atoms with van der Waals surface area (Å²) in [6.45, 7) is 1.75. The lowest BCUT2D eigenvalue weighted by Gasteiger charge is -2.07. The van der Waals surface area contributed by atoms with Crippen molar-refractivity contribution >= 4 is 11.6 Å². The second-order valence-electron chi connectivity index (χ2n) is 4.04. The third-order valence-electron chi connectivity index (χ3n) is 2.58. The lowest BCUT2D eigenvalue weighted by Crippen LogP contribution is -2.28. The zero-order chi connectivity index (χ0) is 13.0. The summed E-state index contributed by atoms with van der Waals surface area (Å²) in [5, 5.41) is 2.74. The highest BCUT2D eigenvalue weighted by Crippen LogP contribution is 2.04. The minimum absolute atomic E-state index is 0.0232. The van der Waals surface area contributed by atoms with E-state index in [2.05, 4.69) is 5.32 Å². The van der Waals surface area contributed by atoms with Crippen molar-refractivity contribution in [2.24, 2.45) is 0 Å². The number of hydrogen-bond donors (Lipinski definition) is 1. The number of carbonyl (C=O) groups excluding carboxylic acids is 1. The van der Waals surface area contributed by atoms with Gasteiger partial charge < -0.3 is 9.88 Å². The second-order valence-corrected chi connectivity index (χ2v) is 4.04. The molecule has 0 bridgehead atoms. The molecule has 0 unspecified atom stereocenters. The van der Waals surface area contributed by atoms with Gasteiger partial charge in [0.15, 0.2) is 0 Å². The van der Waals surface area contributed by atoms with Crippen molar-refractivity contribution in [3.05, 3.63) is 64.6 Å². The minimum Gasteiger partial charge on any atom is -0.325 e. The van der Waals surface area contributed by atoms with Crippen LogP contribution < -0.4 is 10.9 Å². The Balaban J connectivity index is 2.08. The van der Waals surface area contributed by atoms with E-state index in [4.69, 9.17) is 0 Å². The van der Waals surface area contributed by atoms with Crippen LogP contribution in [0.5, 0.6) is 0 Å². The monoisotopic (exact) mass is 242 g/mol. The van der Waals surface area contributed by atoms with Gasteiger partial charge in [-0.1, -0.05) is 24.3 Å². The van der Waals surface area contributed by atoms with Crippen LogP contribution in [0.3, 0.4) is 0 Å². The predicted octanol–water partition coefficient (Wildman–Crippen LogP) is 1.80. The molecule has 92 valence electrons. The molecule has 0 aliphatic carbocycles. The number of aromatic nitrogens is 1. The lowest BCUT2D eigenvalue weighted by molar-refractivity contribution is -0.116. The van der Waals surface area contributed by atoms with Crippen LogP contribution in [-0.2, 0) is 11.3 Å². The van der Waals surface area contributed by atoms with Crippen molar-refractivity contribution in [1.82, 2.24) is 4.57 Å². The highest BCUT2D eigenvalue weighted by Gasteiger charge is 2.05. The first-order valence-corrected chi connectivity index (χ1v) is 5.68. The van der Waals surface area contributed by atoms with Gasteiger partial charge >= 0.3 is 0 Å². The fraction of sp³-hybridized carbons (Fsp3) is 0.143. The summed E-state index contributed by atoms with van der Waals surface area (Å²) in [5.41, 5.74) is 1.22. The van der Waals surface area contributed by atoms with Crippen molar-refractivity contribution in [3.63, 3.8) is 0 Å². The number of amides is 1. The first kappa shape index (κ1) is 12.1. The molecule has 0 aliphatic heterocycles. The smallest absolute Gasteiger partial charge is 0.253 e. The zero-order valence-electron chi connectivity index (χ0n) is 10.1. The number of rotatable bonds is 3. The molecule has 18 heavy (non-hydrogen) atoms. The number of nitrogens with one attached hydrogen (secondary N) is 1. The second kappa shape index (κ2) is 5.31. The molecule has 0 spiro atoms. The van der Waals surface area contributed by atoms with Gasteiger partial charge in [-0.25, -0.2) is 0 Å². The van der Waals surface area contributed by atoms with E-state index >= 15 is 0 Å². The van der Waals surface area contributed by atoms with Crippen LogP contribution in [0.4, 0.5) is 5.69 Å². The van der Waals surface area contributed by atoms with Gasteiger partial charge in [0, 0.05) is 17.4 Å². The van der Waals surface area contributed by atoms with E-state index in [1.165, 1.54) is 4.57 Å². The average Bonchev–Trinajstić information content (AvgIpc) is 2.36. The Bertz CT molecular complexity index is 603. The van der Waals surface area contributed by atoms with Gasteiger partial charge in [-0.15, -0.1) is 0 Å². The molecule has 1 amide bonds. The molecular weight excluding hydrogens is 228 g/mol. The third kappa shape index (κ3) is 2.85. The van der Waals surface area contributed by atoms with Gasteiger partial charge in [-0.05, 0) is 25.1 Å². The molecule has 2 aromatic rings. The van der Waals surface area contributed by atoms with Crippen LogP contribution in [0.15, 0.2) is 53.5 Å². The number of benzene rings is 1. The molecule has 0 aliphatic rings. The number of pyridine rings is 1. The average molecular weight is 242 g/mol. The van der Waals surface area contributed by atoms with Gasteiger partial charge in [0.2, 0.25) is 5.91 Å². The normalized spacial score (nSPS) is 10.1. The summed E-state index contributed by atoms with van der Waals surface area (Å²) in [5.74, 6) is -0.214. The maximum atomic E-state index is 11.8. The number of aryl methyl sites for hydroxylation is 1. The number of carbonyl (C=O) groups is 1. The van der Waals surface area contributed by atoms with Gasteiger partial charge in [-0.2, -0.15) is 0 Å². The predicted molar refractivity (Wildman–Crippen MR) is 70.5 cm³/mol. The van der Waals surface area contributed by atoms with Crippen LogP contribution in [0.2, 0.25) is 0 Å². The summed E-state index contributed by atoms with van der Waals surface area (Å²) < 4.78 is 1.40. The first-order chi connectivity index (χ1) is 8.66. The van der Waals surface area contributed by atoms with Crippen LogP contribution >= 0.6 is 0 Å². The van der Waals surface area contributed by atoms with E-state index in [-0.39, 0.29) is 18.0 Å². The lowest BCUT2D eigenvalue weighted by atomic mass is 10.3. The maximum absolute atomic E-state index is 11.8. The highest BCUT2D eigenvalue weighted by molar-refractivity contribution is 5.90. The van der Waals surface area contributed by atoms with E-state index in [0.717, 1.165) is 5.69 Å². The molecule has 0 fully saturated rings. The Kier molecular flexibility index (Phi) is 3.57. The summed E-state index contributed by atoms with van der Waals surface area (Å²) in [6.07, 6.45) is 1.61.